The fourth-order valence-corrected chi connectivity index (χ4v) is 12.0. The predicted octanol–water partition coefficient (Wildman–Crippen LogP) is 13.5. The molecule has 0 aromatic heterocycles. The van der Waals surface area contributed by atoms with Gasteiger partial charge >= 0.3 is 0 Å². The van der Waals surface area contributed by atoms with Crippen LogP contribution in [0.3, 0.4) is 0 Å². The van der Waals surface area contributed by atoms with Crippen molar-refractivity contribution < 1.29 is 0 Å². The standard InChI is InChI=1S/C42H74/c1-13-20-31(24-33-25-32(33)14-2)21-18-19-22-40(11,17-5)36(16-4)30(10)41(12)39-27-38-37(42(38,39)41)26-34(23-28(6)7)35(15-3)29(8)9/h24,28-30,32-33,36-39H,13-23,25-27H2,1-12H3. The zero-order chi connectivity index (χ0) is 31.0. The molecule has 0 heterocycles. The molecule has 0 aromatic carbocycles. The van der Waals surface area contributed by atoms with Gasteiger partial charge in [-0.25, -0.2) is 0 Å². The Morgan fingerprint density at radius 2 is 1.67 bits per heavy atom. The van der Waals surface area contributed by atoms with Crippen molar-refractivity contribution in [1.29, 1.82) is 0 Å². The number of hydrogen-bond acceptors (Lipinski definition) is 0. The quantitative estimate of drug-likeness (QED) is 0.0995. The maximum atomic E-state index is 2.78. The van der Waals surface area contributed by atoms with Crippen LogP contribution in [0.4, 0.5) is 0 Å². The van der Waals surface area contributed by atoms with Gasteiger partial charge in [0, 0.05) is 0 Å². The molecule has 242 valence electrons. The number of hydrogen-bond donors (Lipinski definition) is 0. The van der Waals surface area contributed by atoms with Gasteiger partial charge in [-0.05, 0) is 127 Å². The Kier molecular flexibility index (Phi) is 11.0. The van der Waals surface area contributed by atoms with E-state index in [0.29, 0.717) is 16.7 Å². The van der Waals surface area contributed by atoms with Crippen molar-refractivity contribution >= 4 is 0 Å². The molecule has 4 rings (SSSR count). The molecule has 0 saturated heterocycles. The van der Waals surface area contributed by atoms with Crippen LogP contribution in [-0.2, 0) is 0 Å². The summed E-state index contributed by atoms with van der Waals surface area (Å²) in [6, 6.07) is 0. The van der Waals surface area contributed by atoms with Crippen molar-refractivity contribution in [2.24, 2.45) is 69.5 Å². The predicted molar refractivity (Wildman–Crippen MR) is 187 cm³/mol. The first kappa shape index (κ1) is 34.4. The monoisotopic (exact) mass is 579 g/mol. The minimum atomic E-state index is 0.490. The smallest absolute Gasteiger partial charge is 0.0139 e. The maximum Gasteiger partial charge on any atom is -0.0139 e. The molecule has 0 aliphatic heterocycles. The molecule has 10 atom stereocenters. The van der Waals surface area contributed by atoms with E-state index in [1.54, 1.807) is 17.6 Å². The molecular weight excluding hydrogens is 504 g/mol. The Bertz CT molecular complexity index is 963. The second-order valence-electron chi connectivity index (χ2n) is 17.3. The lowest BCUT2D eigenvalue weighted by atomic mass is 9.61. The number of unbranched alkanes of at least 4 members (excludes halogenated alkanes) is 1. The molecule has 0 radical (unpaired) electrons. The fourth-order valence-electron chi connectivity index (χ4n) is 12.0. The van der Waals surface area contributed by atoms with Crippen LogP contribution in [0.25, 0.3) is 0 Å². The lowest BCUT2D eigenvalue weighted by Gasteiger charge is -2.43. The third-order valence-electron chi connectivity index (χ3n) is 14.6. The fraction of sp³-hybridized carbons (Fsp3) is 0.905. The van der Waals surface area contributed by atoms with Gasteiger partial charge in [-0.3, -0.25) is 0 Å². The molecule has 0 bridgehead atoms. The van der Waals surface area contributed by atoms with E-state index in [-0.39, 0.29) is 0 Å². The van der Waals surface area contributed by atoms with Crippen molar-refractivity contribution in [3.05, 3.63) is 22.8 Å². The summed E-state index contributed by atoms with van der Waals surface area (Å²) in [4.78, 5) is 0. The molecule has 4 aliphatic carbocycles. The lowest BCUT2D eigenvalue weighted by molar-refractivity contribution is 0.0577. The molecule has 4 saturated carbocycles. The maximum absolute atomic E-state index is 2.78. The van der Waals surface area contributed by atoms with Gasteiger partial charge < -0.3 is 0 Å². The van der Waals surface area contributed by atoms with E-state index in [2.05, 4.69) is 89.2 Å². The highest BCUT2D eigenvalue weighted by Crippen LogP contribution is 3.01. The largest absolute Gasteiger partial charge is 0.0819 e. The van der Waals surface area contributed by atoms with Crippen molar-refractivity contribution in [2.45, 2.75) is 173 Å². The van der Waals surface area contributed by atoms with E-state index in [1.165, 1.54) is 83.5 Å². The summed E-state index contributed by atoms with van der Waals surface area (Å²) in [5.41, 5.74) is 7.27. The van der Waals surface area contributed by atoms with Gasteiger partial charge in [0.15, 0.2) is 0 Å². The van der Waals surface area contributed by atoms with Crippen LogP contribution in [0.1, 0.15) is 173 Å². The summed E-state index contributed by atoms with van der Waals surface area (Å²) in [5.74, 6) is 8.21. The molecular formula is C42H74. The first-order valence-electron chi connectivity index (χ1n) is 19.3. The SMILES string of the molecule is CCCC(=CC1CC1CC)CCCCC(C)(CC)C(CC)C(C)C1(C)C2CC3C(CC(CC(C)C)=C(CC)C(C)C)C321. The molecule has 1 spiro atoms. The Labute approximate surface area is 264 Å². The zero-order valence-corrected chi connectivity index (χ0v) is 30.7. The molecule has 0 amide bonds. The van der Waals surface area contributed by atoms with Crippen LogP contribution in [0, 0.1) is 69.5 Å². The average molecular weight is 579 g/mol. The van der Waals surface area contributed by atoms with Crippen LogP contribution in [0.5, 0.6) is 0 Å². The highest BCUT2D eigenvalue weighted by Gasteiger charge is 2.96. The highest BCUT2D eigenvalue weighted by atomic mass is 15.0. The van der Waals surface area contributed by atoms with E-state index in [9.17, 15) is 0 Å². The zero-order valence-electron chi connectivity index (χ0n) is 30.7. The first-order chi connectivity index (χ1) is 19.9. The number of allylic oxidation sites excluding steroid dienone is 4. The van der Waals surface area contributed by atoms with E-state index >= 15 is 0 Å². The van der Waals surface area contributed by atoms with Crippen LogP contribution in [-0.4, -0.2) is 0 Å². The third kappa shape index (κ3) is 6.03. The summed E-state index contributed by atoms with van der Waals surface area (Å²) in [5, 5.41) is 0. The van der Waals surface area contributed by atoms with Crippen LogP contribution >= 0.6 is 0 Å². The summed E-state index contributed by atoms with van der Waals surface area (Å²) in [7, 11) is 0. The molecule has 42 heavy (non-hydrogen) atoms. The molecule has 0 N–H and O–H groups in total. The highest BCUT2D eigenvalue weighted by molar-refractivity contribution is 5.45. The van der Waals surface area contributed by atoms with Gasteiger partial charge in [-0.2, -0.15) is 0 Å². The van der Waals surface area contributed by atoms with Crippen molar-refractivity contribution in [1.82, 2.24) is 0 Å². The summed E-state index contributed by atoms with van der Waals surface area (Å²) < 4.78 is 0. The van der Waals surface area contributed by atoms with Crippen molar-refractivity contribution in [3.8, 4) is 0 Å². The lowest BCUT2D eigenvalue weighted by Crippen LogP contribution is -2.35. The van der Waals surface area contributed by atoms with Gasteiger partial charge in [0.05, 0.1) is 0 Å². The summed E-state index contributed by atoms with van der Waals surface area (Å²) in [6.07, 6.45) is 22.1. The Hall–Kier alpha value is -0.520. The topological polar surface area (TPSA) is 0 Å². The first-order valence-corrected chi connectivity index (χ1v) is 19.3. The van der Waals surface area contributed by atoms with Gasteiger partial charge in [0.25, 0.3) is 0 Å². The summed E-state index contributed by atoms with van der Waals surface area (Å²) in [6.45, 7) is 30.2. The molecule has 0 aromatic rings. The second kappa shape index (κ2) is 13.5. The number of rotatable bonds is 20. The third-order valence-corrected chi connectivity index (χ3v) is 14.6. The van der Waals surface area contributed by atoms with E-state index in [0.717, 1.165) is 52.8 Å². The summed E-state index contributed by atoms with van der Waals surface area (Å²) >= 11 is 0. The molecule has 4 aliphatic rings. The van der Waals surface area contributed by atoms with Gasteiger partial charge in [0.2, 0.25) is 0 Å². The van der Waals surface area contributed by atoms with Gasteiger partial charge in [-0.15, -0.1) is 0 Å². The minimum absolute atomic E-state index is 0.490. The Morgan fingerprint density at radius 3 is 2.17 bits per heavy atom. The van der Waals surface area contributed by atoms with Crippen LogP contribution in [0.2, 0.25) is 0 Å². The molecule has 10 unspecified atom stereocenters. The Morgan fingerprint density at radius 1 is 0.952 bits per heavy atom. The van der Waals surface area contributed by atoms with E-state index < -0.39 is 0 Å². The van der Waals surface area contributed by atoms with Gasteiger partial charge in [0.1, 0.15) is 0 Å². The van der Waals surface area contributed by atoms with E-state index in [4.69, 9.17) is 0 Å². The molecule has 4 fully saturated rings. The molecule has 0 nitrogen and oxygen atoms in total. The van der Waals surface area contributed by atoms with Crippen LogP contribution in [0.15, 0.2) is 22.8 Å². The van der Waals surface area contributed by atoms with Gasteiger partial charge in [-0.1, -0.05) is 138 Å². The van der Waals surface area contributed by atoms with Crippen LogP contribution < -0.4 is 0 Å². The van der Waals surface area contributed by atoms with E-state index in [1.807, 2.05) is 5.57 Å². The average Bonchev–Trinajstić information content (AvgIpc) is 3.84. The normalized spacial score (nSPS) is 36.5. The Balaban J connectivity index is 1.39. The minimum Gasteiger partial charge on any atom is -0.0819 e. The molecule has 0 heteroatoms. The second-order valence-corrected chi connectivity index (χ2v) is 17.3. The van der Waals surface area contributed by atoms with Crippen molar-refractivity contribution in [3.63, 3.8) is 0 Å². The van der Waals surface area contributed by atoms with Crippen molar-refractivity contribution in [2.75, 3.05) is 0 Å².